The van der Waals surface area contributed by atoms with Crippen molar-refractivity contribution in [2.75, 3.05) is 23.7 Å². The molecule has 0 spiro atoms. The highest BCUT2D eigenvalue weighted by Gasteiger charge is 2.32. The van der Waals surface area contributed by atoms with Gasteiger partial charge in [0.2, 0.25) is 21.8 Å². The molecule has 12 heteroatoms. The second-order valence-corrected chi connectivity index (χ2v) is 11.8. The van der Waals surface area contributed by atoms with Crippen LogP contribution in [-0.4, -0.2) is 50.5 Å². The van der Waals surface area contributed by atoms with Gasteiger partial charge in [-0.05, 0) is 48.2 Å². The van der Waals surface area contributed by atoms with Gasteiger partial charge >= 0.3 is 0 Å². The standard InChI is InChI=1S/C24H29Cl3FN3O4S/c1-5-22(24(33)29-12-15(2)3)30(13-16-6-7-17(25)10-19(16)26)23(32)14-31(36(4,34)35)18-8-9-21(28)20(27)11-18/h6-11,15,22H,5,12-14H2,1-4H3,(H,29,33)/t22-/m1/s1. The summed E-state index contributed by atoms with van der Waals surface area (Å²) in [6, 6.07) is 7.21. The Balaban J connectivity index is 2.48. The molecule has 1 atom stereocenters. The largest absolute Gasteiger partial charge is 0.354 e. The lowest BCUT2D eigenvalue weighted by molar-refractivity contribution is -0.140. The lowest BCUT2D eigenvalue weighted by atomic mass is 10.1. The second kappa shape index (κ2) is 12.9. The van der Waals surface area contributed by atoms with Gasteiger partial charge in [0, 0.05) is 23.1 Å². The van der Waals surface area contributed by atoms with E-state index >= 15 is 0 Å². The van der Waals surface area contributed by atoms with Crippen LogP contribution in [0.1, 0.15) is 32.8 Å². The Bertz CT molecular complexity index is 1210. The van der Waals surface area contributed by atoms with Gasteiger partial charge < -0.3 is 10.2 Å². The van der Waals surface area contributed by atoms with E-state index in [9.17, 15) is 22.4 Å². The molecule has 7 nitrogen and oxygen atoms in total. The molecule has 2 amide bonds. The molecular weight excluding hydrogens is 552 g/mol. The molecule has 2 rings (SSSR count). The molecular formula is C24H29Cl3FN3O4S. The SMILES string of the molecule is CC[C@H](C(=O)NCC(C)C)N(Cc1ccc(Cl)cc1Cl)C(=O)CN(c1ccc(F)c(Cl)c1)S(C)(=O)=O. The van der Waals surface area contributed by atoms with Crippen molar-refractivity contribution in [3.8, 4) is 0 Å². The molecule has 0 fully saturated rings. The average Bonchev–Trinajstić information content (AvgIpc) is 2.78. The van der Waals surface area contributed by atoms with Crippen molar-refractivity contribution in [3.63, 3.8) is 0 Å². The fourth-order valence-corrected chi connectivity index (χ4v) is 4.91. The Morgan fingerprint density at radius 3 is 2.25 bits per heavy atom. The lowest BCUT2D eigenvalue weighted by Crippen LogP contribution is -2.52. The molecule has 36 heavy (non-hydrogen) atoms. The maximum Gasteiger partial charge on any atom is 0.244 e. The van der Waals surface area contributed by atoms with E-state index in [-0.39, 0.29) is 35.5 Å². The Morgan fingerprint density at radius 2 is 1.72 bits per heavy atom. The van der Waals surface area contributed by atoms with Gasteiger partial charge in [0.15, 0.2) is 0 Å². The minimum absolute atomic E-state index is 0.0130. The van der Waals surface area contributed by atoms with Crippen molar-refractivity contribution in [2.45, 2.75) is 39.8 Å². The quantitative estimate of drug-likeness (QED) is 0.399. The van der Waals surface area contributed by atoms with Gasteiger partial charge in [-0.3, -0.25) is 13.9 Å². The summed E-state index contributed by atoms with van der Waals surface area (Å²) in [6.45, 7) is 5.33. The van der Waals surface area contributed by atoms with Gasteiger partial charge in [-0.1, -0.05) is 61.6 Å². The number of benzene rings is 2. The summed E-state index contributed by atoms with van der Waals surface area (Å²) < 4.78 is 39.7. The highest BCUT2D eigenvalue weighted by Crippen LogP contribution is 2.27. The van der Waals surface area contributed by atoms with Crippen molar-refractivity contribution >= 4 is 62.3 Å². The van der Waals surface area contributed by atoms with Crippen LogP contribution >= 0.6 is 34.8 Å². The summed E-state index contributed by atoms with van der Waals surface area (Å²) >= 11 is 18.2. The minimum Gasteiger partial charge on any atom is -0.354 e. The van der Waals surface area contributed by atoms with E-state index < -0.39 is 34.3 Å². The molecule has 2 aromatic carbocycles. The topological polar surface area (TPSA) is 86.8 Å². The third-order valence-electron chi connectivity index (χ3n) is 5.30. The molecule has 1 N–H and O–H groups in total. The third kappa shape index (κ3) is 8.23. The van der Waals surface area contributed by atoms with Crippen LogP contribution in [0, 0.1) is 11.7 Å². The number of sulfonamides is 1. The summed E-state index contributed by atoms with van der Waals surface area (Å²) in [7, 11) is -3.98. The van der Waals surface area contributed by atoms with Crippen molar-refractivity contribution in [1.82, 2.24) is 10.2 Å². The predicted molar refractivity (Wildman–Crippen MR) is 143 cm³/mol. The number of carbonyl (C=O) groups excluding carboxylic acids is 2. The molecule has 0 unspecified atom stereocenters. The second-order valence-electron chi connectivity index (χ2n) is 8.69. The number of halogens is 4. The molecule has 0 saturated carbocycles. The van der Waals surface area contributed by atoms with Gasteiger partial charge in [0.1, 0.15) is 18.4 Å². The molecule has 0 aliphatic heterocycles. The minimum atomic E-state index is -3.98. The van der Waals surface area contributed by atoms with Crippen molar-refractivity contribution < 1.29 is 22.4 Å². The molecule has 0 radical (unpaired) electrons. The number of nitrogens with zero attached hydrogens (tertiary/aromatic N) is 2. The molecule has 198 valence electrons. The van der Waals surface area contributed by atoms with Crippen LogP contribution in [0.3, 0.4) is 0 Å². The number of anilines is 1. The number of nitrogens with one attached hydrogen (secondary N) is 1. The zero-order valence-corrected chi connectivity index (χ0v) is 23.5. The molecule has 0 aliphatic carbocycles. The zero-order chi connectivity index (χ0) is 27.2. The van der Waals surface area contributed by atoms with E-state index in [2.05, 4.69) is 5.32 Å². The first-order valence-electron chi connectivity index (χ1n) is 11.2. The lowest BCUT2D eigenvalue weighted by Gasteiger charge is -2.33. The van der Waals surface area contributed by atoms with Crippen molar-refractivity contribution in [1.29, 1.82) is 0 Å². The van der Waals surface area contributed by atoms with Crippen LogP contribution < -0.4 is 9.62 Å². The number of carbonyl (C=O) groups is 2. The summed E-state index contributed by atoms with van der Waals surface area (Å²) in [6.07, 6.45) is 1.19. The highest BCUT2D eigenvalue weighted by atomic mass is 35.5. The van der Waals surface area contributed by atoms with E-state index in [1.165, 1.54) is 17.0 Å². The van der Waals surface area contributed by atoms with E-state index in [0.29, 0.717) is 22.2 Å². The van der Waals surface area contributed by atoms with Crippen LogP contribution in [0.2, 0.25) is 15.1 Å². The normalized spacial score (nSPS) is 12.4. The van der Waals surface area contributed by atoms with Crippen LogP contribution in [0.25, 0.3) is 0 Å². The smallest absolute Gasteiger partial charge is 0.244 e. The van der Waals surface area contributed by atoms with Crippen molar-refractivity contribution in [3.05, 3.63) is 62.8 Å². The van der Waals surface area contributed by atoms with E-state index in [1.54, 1.807) is 19.1 Å². The first-order valence-corrected chi connectivity index (χ1v) is 14.2. The van der Waals surface area contributed by atoms with Gasteiger partial charge in [-0.2, -0.15) is 0 Å². The van der Waals surface area contributed by atoms with Crippen LogP contribution in [0.4, 0.5) is 10.1 Å². The maximum atomic E-state index is 13.7. The molecule has 2 aromatic rings. The molecule has 0 bridgehead atoms. The van der Waals surface area contributed by atoms with Crippen LogP contribution in [0.15, 0.2) is 36.4 Å². The van der Waals surface area contributed by atoms with Crippen LogP contribution in [-0.2, 0) is 26.2 Å². The van der Waals surface area contributed by atoms with Gasteiger partial charge in [0.25, 0.3) is 0 Å². The number of rotatable bonds is 11. The van der Waals surface area contributed by atoms with E-state index in [4.69, 9.17) is 34.8 Å². The first kappa shape index (κ1) is 30.2. The zero-order valence-electron chi connectivity index (χ0n) is 20.4. The van der Waals surface area contributed by atoms with Gasteiger partial charge in [0.05, 0.1) is 17.0 Å². The molecule has 0 heterocycles. The Kier molecular flexibility index (Phi) is 10.8. The van der Waals surface area contributed by atoms with E-state index in [0.717, 1.165) is 22.7 Å². The Hall–Kier alpha value is -2.07. The summed E-state index contributed by atoms with van der Waals surface area (Å²) in [5, 5.41) is 3.23. The number of hydrogen-bond donors (Lipinski definition) is 1. The van der Waals surface area contributed by atoms with Gasteiger partial charge in [-0.25, -0.2) is 12.8 Å². The summed E-state index contributed by atoms with van der Waals surface area (Å²) in [5.74, 6) is -1.57. The van der Waals surface area contributed by atoms with Gasteiger partial charge in [-0.15, -0.1) is 0 Å². The maximum absolute atomic E-state index is 13.7. The summed E-state index contributed by atoms with van der Waals surface area (Å²) in [5.41, 5.74) is 0.541. The summed E-state index contributed by atoms with van der Waals surface area (Å²) in [4.78, 5) is 27.9. The predicted octanol–water partition coefficient (Wildman–Crippen LogP) is 5.13. The third-order valence-corrected chi connectivity index (χ3v) is 7.31. The fourth-order valence-electron chi connectivity index (χ4n) is 3.43. The van der Waals surface area contributed by atoms with Crippen molar-refractivity contribution in [2.24, 2.45) is 5.92 Å². The fraction of sp³-hybridized carbons (Fsp3) is 0.417. The number of amides is 2. The van der Waals surface area contributed by atoms with Crippen LogP contribution in [0.5, 0.6) is 0 Å². The average molecular weight is 581 g/mol. The molecule has 0 aliphatic rings. The number of hydrogen-bond acceptors (Lipinski definition) is 4. The first-order chi connectivity index (χ1) is 16.7. The van der Waals surface area contributed by atoms with E-state index in [1.807, 2.05) is 13.8 Å². The highest BCUT2D eigenvalue weighted by molar-refractivity contribution is 7.92. The Labute approximate surface area is 226 Å². The Morgan fingerprint density at radius 1 is 1.06 bits per heavy atom. The monoisotopic (exact) mass is 579 g/mol. The molecule has 0 aromatic heterocycles. The molecule has 0 saturated heterocycles.